The van der Waals surface area contributed by atoms with Crippen molar-refractivity contribution in [1.29, 1.82) is 0 Å². The number of thiocarbonyl (C=S) groups is 1. The quantitative estimate of drug-likeness (QED) is 0.557. The number of nitrogens with one attached hydrogen (secondary N) is 2. The van der Waals surface area contributed by atoms with Crippen molar-refractivity contribution in [3.63, 3.8) is 0 Å². The van der Waals surface area contributed by atoms with Crippen LogP contribution in [0.3, 0.4) is 0 Å². The van der Waals surface area contributed by atoms with Crippen molar-refractivity contribution in [2.45, 2.75) is 12.8 Å². The lowest BCUT2D eigenvalue weighted by atomic mass is 10.3. The summed E-state index contributed by atoms with van der Waals surface area (Å²) in [6.45, 7) is 0.471. The molecule has 0 saturated carbocycles. The SMILES string of the molecule is NC(=S)CCCNC(=O)Nc1cccc(F)c1. The van der Waals surface area contributed by atoms with Crippen LogP contribution >= 0.6 is 12.2 Å². The molecule has 0 saturated heterocycles. The largest absolute Gasteiger partial charge is 0.393 e. The van der Waals surface area contributed by atoms with Crippen molar-refractivity contribution >= 4 is 28.9 Å². The Labute approximate surface area is 104 Å². The number of hydrogen-bond acceptors (Lipinski definition) is 2. The van der Waals surface area contributed by atoms with Crippen LogP contribution in [0.1, 0.15) is 12.8 Å². The number of benzene rings is 1. The van der Waals surface area contributed by atoms with Crippen molar-refractivity contribution < 1.29 is 9.18 Å². The van der Waals surface area contributed by atoms with Crippen molar-refractivity contribution in [2.75, 3.05) is 11.9 Å². The van der Waals surface area contributed by atoms with Crippen LogP contribution in [0.5, 0.6) is 0 Å². The minimum absolute atomic E-state index is 0.376. The smallest absolute Gasteiger partial charge is 0.319 e. The number of hydrogen-bond donors (Lipinski definition) is 3. The van der Waals surface area contributed by atoms with Crippen LogP contribution in [0.2, 0.25) is 0 Å². The zero-order chi connectivity index (χ0) is 12.7. The molecule has 4 nitrogen and oxygen atoms in total. The Morgan fingerprint density at radius 3 is 2.88 bits per heavy atom. The Kier molecular flexibility index (Phi) is 5.35. The van der Waals surface area contributed by atoms with Gasteiger partial charge < -0.3 is 16.4 Å². The molecule has 1 rings (SSSR count). The predicted octanol–water partition coefficient (Wildman–Crippen LogP) is 2.01. The molecule has 0 fully saturated rings. The topological polar surface area (TPSA) is 67.1 Å². The number of halogens is 1. The second-order valence-electron chi connectivity index (χ2n) is 3.46. The van der Waals surface area contributed by atoms with Gasteiger partial charge in [-0.15, -0.1) is 0 Å². The van der Waals surface area contributed by atoms with E-state index in [1.54, 1.807) is 6.07 Å². The third-order valence-corrected chi connectivity index (χ3v) is 2.17. The molecule has 2 amide bonds. The Morgan fingerprint density at radius 2 is 2.24 bits per heavy atom. The second-order valence-corrected chi connectivity index (χ2v) is 3.99. The van der Waals surface area contributed by atoms with Gasteiger partial charge in [-0.1, -0.05) is 18.3 Å². The summed E-state index contributed by atoms with van der Waals surface area (Å²) in [4.78, 5) is 11.8. The summed E-state index contributed by atoms with van der Waals surface area (Å²) in [5.41, 5.74) is 5.72. The molecule has 17 heavy (non-hydrogen) atoms. The molecule has 0 unspecified atom stereocenters. The molecular formula is C11H14FN3OS. The van der Waals surface area contributed by atoms with Crippen LogP contribution < -0.4 is 16.4 Å². The number of carbonyl (C=O) groups is 1. The van der Waals surface area contributed by atoms with Gasteiger partial charge in [-0.3, -0.25) is 0 Å². The fourth-order valence-electron chi connectivity index (χ4n) is 1.21. The van der Waals surface area contributed by atoms with Crippen LogP contribution in [0.4, 0.5) is 14.9 Å². The molecule has 0 radical (unpaired) electrons. The summed E-state index contributed by atoms with van der Waals surface area (Å²) in [5.74, 6) is -0.392. The van der Waals surface area contributed by atoms with Gasteiger partial charge in [-0.25, -0.2) is 9.18 Å². The molecule has 1 aromatic rings. The molecule has 1 aromatic carbocycles. The maximum absolute atomic E-state index is 12.8. The minimum atomic E-state index is -0.392. The van der Waals surface area contributed by atoms with E-state index in [9.17, 15) is 9.18 Å². The molecular weight excluding hydrogens is 241 g/mol. The Hall–Kier alpha value is -1.69. The first-order chi connectivity index (χ1) is 8.08. The van der Waals surface area contributed by atoms with Crippen LogP contribution in [0.15, 0.2) is 24.3 Å². The number of amides is 2. The molecule has 0 heterocycles. The molecule has 0 atom stereocenters. The molecule has 4 N–H and O–H groups in total. The van der Waals surface area contributed by atoms with E-state index < -0.39 is 5.82 Å². The van der Waals surface area contributed by atoms with Crippen molar-refractivity contribution in [1.82, 2.24) is 5.32 Å². The van der Waals surface area contributed by atoms with E-state index in [1.165, 1.54) is 18.2 Å². The highest BCUT2D eigenvalue weighted by Gasteiger charge is 2.01. The first-order valence-electron chi connectivity index (χ1n) is 5.16. The van der Waals surface area contributed by atoms with E-state index in [-0.39, 0.29) is 6.03 Å². The van der Waals surface area contributed by atoms with Gasteiger partial charge in [0.2, 0.25) is 0 Å². The van der Waals surface area contributed by atoms with Gasteiger partial charge in [-0.05, 0) is 31.0 Å². The van der Waals surface area contributed by atoms with E-state index >= 15 is 0 Å². The minimum Gasteiger partial charge on any atom is -0.393 e. The molecule has 0 aliphatic heterocycles. The molecule has 0 spiro atoms. The number of rotatable bonds is 5. The molecule has 0 aliphatic rings. The van der Waals surface area contributed by atoms with Crippen LogP contribution in [0.25, 0.3) is 0 Å². The predicted molar refractivity (Wildman–Crippen MR) is 69.4 cm³/mol. The van der Waals surface area contributed by atoms with Crippen LogP contribution in [0, 0.1) is 5.82 Å². The molecule has 6 heteroatoms. The third kappa shape index (κ3) is 5.82. The van der Waals surface area contributed by atoms with Gasteiger partial charge in [0.15, 0.2) is 0 Å². The number of anilines is 1. The lowest BCUT2D eigenvalue weighted by molar-refractivity contribution is 0.252. The molecule has 92 valence electrons. The van der Waals surface area contributed by atoms with E-state index in [0.717, 1.165) is 0 Å². The third-order valence-electron chi connectivity index (χ3n) is 1.97. The maximum Gasteiger partial charge on any atom is 0.319 e. The monoisotopic (exact) mass is 255 g/mol. The highest BCUT2D eigenvalue weighted by atomic mass is 32.1. The first-order valence-corrected chi connectivity index (χ1v) is 5.57. The van der Waals surface area contributed by atoms with Gasteiger partial charge in [-0.2, -0.15) is 0 Å². The van der Waals surface area contributed by atoms with Gasteiger partial charge in [0, 0.05) is 12.2 Å². The van der Waals surface area contributed by atoms with Gasteiger partial charge in [0.25, 0.3) is 0 Å². The van der Waals surface area contributed by atoms with E-state index in [1.807, 2.05) is 0 Å². The number of urea groups is 1. The Balaban J connectivity index is 2.27. The molecule has 0 aliphatic carbocycles. The highest BCUT2D eigenvalue weighted by Crippen LogP contribution is 2.08. The van der Waals surface area contributed by atoms with Crippen molar-refractivity contribution in [2.24, 2.45) is 5.73 Å². The standard InChI is InChI=1S/C11H14FN3OS/c12-8-3-1-4-9(7-8)15-11(16)14-6-2-5-10(13)17/h1,3-4,7H,2,5-6H2,(H2,13,17)(H2,14,15,16). The normalized spacial score (nSPS) is 9.71. The zero-order valence-electron chi connectivity index (χ0n) is 9.20. The Morgan fingerprint density at radius 1 is 1.47 bits per heavy atom. The second kappa shape index (κ2) is 6.80. The Bertz CT molecular complexity index is 411. The van der Waals surface area contributed by atoms with E-state index in [4.69, 9.17) is 18.0 Å². The van der Waals surface area contributed by atoms with Crippen molar-refractivity contribution in [3.05, 3.63) is 30.1 Å². The average Bonchev–Trinajstić information content (AvgIpc) is 2.24. The summed E-state index contributed by atoms with van der Waals surface area (Å²) >= 11 is 4.70. The molecule has 0 bridgehead atoms. The summed E-state index contributed by atoms with van der Waals surface area (Å²) in [7, 11) is 0. The summed E-state index contributed by atoms with van der Waals surface area (Å²) < 4.78 is 12.8. The van der Waals surface area contributed by atoms with Gasteiger partial charge in [0.05, 0.1) is 4.99 Å². The molecule has 0 aromatic heterocycles. The first kappa shape index (κ1) is 13.4. The fourth-order valence-corrected chi connectivity index (χ4v) is 1.35. The summed E-state index contributed by atoms with van der Waals surface area (Å²) in [6, 6.07) is 5.31. The van der Waals surface area contributed by atoms with Crippen molar-refractivity contribution in [3.8, 4) is 0 Å². The zero-order valence-corrected chi connectivity index (χ0v) is 10.0. The lowest BCUT2D eigenvalue weighted by Gasteiger charge is -2.07. The average molecular weight is 255 g/mol. The van der Waals surface area contributed by atoms with E-state index in [2.05, 4.69) is 10.6 Å². The maximum atomic E-state index is 12.8. The van der Waals surface area contributed by atoms with Gasteiger partial charge >= 0.3 is 6.03 Å². The summed E-state index contributed by atoms with van der Waals surface area (Å²) in [5, 5.41) is 5.14. The number of carbonyl (C=O) groups excluding carboxylic acids is 1. The lowest BCUT2D eigenvalue weighted by Crippen LogP contribution is -2.30. The summed E-state index contributed by atoms with van der Waals surface area (Å²) in [6.07, 6.45) is 1.28. The van der Waals surface area contributed by atoms with Crippen LogP contribution in [-0.4, -0.2) is 17.6 Å². The van der Waals surface area contributed by atoms with E-state index in [0.29, 0.717) is 30.1 Å². The van der Waals surface area contributed by atoms with Gasteiger partial charge in [0.1, 0.15) is 5.82 Å². The van der Waals surface area contributed by atoms with Crippen LogP contribution in [-0.2, 0) is 0 Å². The number of nitrogens with two attached hydrogens (primary N) is 1. The fraction of sp³-hybridized carbons (Fsp3) is 0.273. The highest BCUT2D eigenvalue weighted by molar-refractivity contribution is 7.80.